The largest absolute Gasteiger partial charge is 0.416 e. The van der Waals surface area contributed by atoms with E-state index >= 15 is 0 Å². The van der Waals surface area contributed by atoms with Gasteiger partial charge in [0.15, 0.2) is 8.38 Å². The average Bonchev–Trinajstić information content (AvgIpc) is 2.26. The number of hydrogen-bond donors (Lipinski definition) is 4. The van der Waals surface area contributed by atoms with E-state index in [0.717, 1.165) is 24.3 Å². The number of nitrogens with one attached hydrogen (secondary N) is 2. The molecule has 0 heterocycles. The molecule has 0 aromatic heterocycles. The fourth-order valence-corrected chi connectivity index (χ4v) is 1.35. The highest BCUT2D eigenvalue weighted by Crippen LogP contribution is 2.29. The molecule has 1 aromatic rings. The number of anilines is 1. The fourth-order valence-electron chi connectivity index (χ4n) is 1.06. The van der Waals surface area contributed by atoms with E-state index in [1.807, 2.05) is 0 Å². The Balaban J connectivity index is 2.56. The van der Waals surface area contributed by atoms with Crippen molar-refractivity contribution in [3.05, 3.63) is 29.8 Å². The highest BCUT2D eigenvalue weighted by molar-refractivity contribution is 7.45. The second-order valence-electron chi connectivity index (χ2n) is 3.24. The third kappa shape index (κ3) is 4.87. The zero-order valence-electron chi connectivity index (χ0n) is 8.90. The SMILES string of the molecule is O=C(NCP(O)O)Nc1ccc(C(F)(F)F)cc1. The molecule has 0 bridgehead atoms. The molecule has 0 aliphatic heterocycles. The van der Waals surface area contributed by atoms with Crippen LogP contribution in [0, 0.1) is 0 Å². The molecule has 18 heavy (non-hydrogen) atoms. The quantitative estimate of drug-likeness (QED) is 0.641. The van der Waals surface area contributed by atoms with Gasteiger partial charge < -0.3 is 20.4 Å². The van der Waals surface area contributed by atoms with Crippen LogP contribution in [0.15, 0.2) is 24.3 Å². The number of amides is 2. The molecule has 9 heteroatoms. The molecule has 4 N–H and O–H groups in total. The highest BCUT2D eigenvalue weighted by Gasteiger charge is 2.29. The predicted octanol–water partition coefficient (Wildman–Crippen LogP) is 2.08. The van der Waals surface area contributed by atoms with Gasteiger partial charge in [-0.15, -0.1) is 0 Å². The molecule has 0 saturated heterocycles. The second kappa shape index (κ2) is 5.99. The normalized spacial score (nSPS) is 11.4. The van der Waals surface area contributed by atoms with Crippen LogP contribution in [0.25, 0.3) is 0 Å². The summed E-state index contributed by atoms with van der Waals surface area (Å²) in [7, 11) is -2.25. The Morgan fingerprint density at radius 2 is 1.78 bits per heavy atom. The zero-order chi connectivity index (χ0) is 13.8. The van der Waals surface area contributed by atoms with Crippen LogP contribution in [0.2, 0.25) is 0 Å². The molecule has 2 amide bonds. The van der Waals surface area contributed by atoms with E-state index in [-0.39, 0.29) is 12.0 Å². The standard InChI is InChI=1S/C9H10F3N2O3P/c10-9(11,12)6-1-3-7(4-2-6)14-8(15)13-5-18(16)17/h1-4,16-17H,5H2,(H2,13,14,15). The Kier molecular flexibility index (Phi) is 4.89. The molecular formula is C9H10F3N2O3P. The molecule has 0 radical (unpaired) electrons. The number of alkyl halides is 3. The fraction of sp³-hybridized carbons (Fsp3) is 0.222. The molecule has 0 aliphatic rings. The summed E-state index contributed by atoms with van der Waals surface area (Å²) in [4.78, 5) is 28.2. The molecule has 100 valence electrons. The Hall–Kier alpha value is -1.37. The summed E-state index contributed by atoms with van der Waals surface area (Å²) in [5.41, 5.74) is -0.650. The molecule has 1 rings (SSSR count). The van der Waals surface area contributed by atoms with Crippen LogP contribution in [0.5, 0.6) is 0 Å². The predicted molar refractivity (Wildman–Crippen MR) is 59.8 cm³/mol. The number of rotatable bonds is 3. The van der Waals surface area contributed by atoms with Crippen LogP contribution in [-0.4, -0.2) is 22.1 Å². The molecule has 5 nitrogen and oxygen atoms in total. The first-order valence-electron chi connectivity index (χ1n) is 4.66. The van der Waals surface area contributed by atoms with E-state index in [9.17, 15) is 18.0 Å². The molecule has 0 saturated carbocycles. The topological polar surface area (TPSA) is 81.6 Å². The lowest BCUT2D eigenvalue weighted by Gasteiger charge is -2.10. The Morgan fingerprint density at radius 1 is 1.22 bits per heavy atom. The maximum absolute atomic E-state index is 12.2. The van der Waals surface area contributed by atoms with Crippen LogP contribution in [0.1, 0.15) is 5.56 Å². The van der Waals surface area contributed by atoms with Gasteiger partial charge in [-0.3, -0.25) is 0 Å². The van der Waals surface area contributed by atoms with E-state index in [4.69, 9.17) is 9.79 Å². The van der Waals surface area contributed by atoms with Crippen LogP contribution in [0.4, 0.5) is 23.7 Å². The van der Waals surface area contributed by atoms with Gasteiger partial charge in [0.05, 0.1) is 11.8 Å². The third-order valence-corrected chi connectivity index (χ3v) is 2.29. The van der Waals surface area contributed by atoms with Gasteiger partial charge in [0, 0.05) is 5.69 Å². The van der Waals surface area contributed by atoms with Crippen molar-refractivity contribution in [3.63, 3.8) is 0 Å². The smallest absolute Gasteiger partial charge is 0.349 e. The summed E-state index contributed by atoms with van der Waals surface area (Å²) in [6.07, 6.45) is -4.74. The van der Waals surface area contributed by atoms with Gasteiger partial charge in [-0.25, -0.2) is 4.79 Å². The van der Waals surface area contributed by atoms with Crippen molar-refractivity contribution in [2.45, 2.75) is 6.18 Å². The Morgan fingerprint density at radius 3 is 2.22 bits per heavy atom. The minimum atomic E-state index is -4.43. The highest BCUT2D eigenvalue weighted by atomic mass is 31.2. The summed E-state index contributed by atoms with van der Waals surface area (Å²) in [6.45, 7) is 0. The average molecular weight is 282 g/mol. The Bertz CT molecular complexity index is 409. The van der Waals surface area contributed by atoms with Gasteiger partial charge >= 0.3 is 12.2 Å². The number of hydrogen-bond acceptors (Lipinski definition) is 3. The first-order valence-corrected chi connectivity index (χ1v) is 6.09. The summed E-state index contributed by atoms with van der Waals surface area (Å²) < 4.78 is 36.7. The Labute approximate surface area is 102 Å². The summed E-state index contributed by atoms with van der Waals surface area (Å²) in [5.74, 6) is 0. The van der Waals surface area contributed by atoms with Crippen molar-refractivity contribution in [1.82, 2.24) is 5.32 Å². The zero-order valence-corrected chi connectivity index (χ0v) is 9.79. The number of urea groups is 1. The molecule has 0 unspecified atom stereocenters. The monoisotopic (exact) mass is 282 g/mol. The lowest BCUT2D eigenvalue weighted by atomic mass is 10.2. The number of halogens is 3. The van der Waals surface area contributed by atoms with Gasteiger partial charge in [0.1, 0.15) is 0 Å². The third-order valence-electron chi connectivity index (χ3n) is 1.85. The second-order valence-corrected chi connectivity index (χ2v) is 4.30. The minimum absolute atomic E-state index is 0.167. The van der Waals surface area contributed by atoms with Gasteiger partial charge in [0.25, 0.3) is 0 Å². The van der Waals surface area contributed by atoms with Crippen molar-refractivity contribution in [2.75, 3.05) is 11.6 Å². The number of benzene rings is 1. The van der Waals surface area contributed by atoms with Crippen molar-refractivity contribution in [3.8, 4) is 0 Å². The van der Waals surface area contributed by atoms with E-state index in [1.54, 1.807) is 0 Å². The minimum Gasteiger partial charge on any atom is -0.349 e. The van der Waals surface area contributed by atoms with Crippen LogP contribution < -0.4 is 10.6 Å². The molecular weight excluding hydrogens is 272 g/mol. The first kappa shape index (κ1) is 14.7. The first-order chi connectivity index (χ1) is 8.29. The van der Waals surface area contributed by atoms with Crippen molar-refractivity contribution in [1.29, 1.82) is 0 Å². The lowest BCUT2D eigenvalue weighted by Crippen LogP contribution is -2.28. The summed E-state index contributed by atoms with van der Waals surface area (Å²) >= 11 is 0. The molecule has 1 aromatic carbocycles. The van der Waals surface area contributed by atoms with E-state index in [1.165, 1.54) is 0 Å². The van der Waals surface area contributed by atoms with E-state index in [2.05, 4.69) is 10.6 Å². The molecule has 0 atom stereocenters. The van der Waals surface area contributed by atoms with Crippen molar-refractivity contribution >= 4 is 20.1 Å². The number of carbonyl (C=O) groups excluding carboxylic acids is 1. The molecule has 0 fully saturated rings. The van der Waals surface area contributed by atoms with Gasteiger partial charge in [-0.1, -0.05) is 0 Å². The van der Waals surface area contributed by atoms with E-state index < -0.39 is 26.1 Å². The number of carbonyl (C=O) groups is 1. The lowest BCUT2D eigenvalue weighted by molar-refractivity contribution is -0.137. The summed E-state index contributed by atoms with van der Waals surface area (Å²) in [5, 5.41) is 4.38. The van der Waals surface area contributed by atoms with Crippen LogP contribution >= 0.6 is 8.38 Å². The van der Waals surface area contributed by atoms with Crippen molar-refractivity contribution in [2.24, 2.45) is 0 Å². The van der Waals surface area contributed by atoms with E-state index in [0.29, 0.717) is 0 Å². The van der Waals surface area contributed by atoms with Gasteiger partial charge in [0.2, 0.25) is 0 Å². The van der Waals surface area contributed by atoms with Gasteiger partial charge in [-0.2, -0.15) is 13.2 Å². The maximum atomic E-state index is 12.2. The maximum Gasteiger partial charge on any atom is 0.416 e. The molecule has 0 spiro atoms. The van der Waals surface area contributed by atoms with Crippen LogP contribution in [-0.2, 0) is 6.18 Å². The molecule has 0 aliphatic carbocycles. The van der Waals surface area contributed by atoms with Crippen molar-refractivity contribution < 1.29 is 27.8 Å². The van der Waals surface area contributed by atoms with Gasteiger partial charge in [-0.05, 0) is 24.3 Å². The summed E-state index contributed by atoms with van der Waals surface area (Å²) in [6, 6.07) is 3.14. The van der Waals surface area contributed by atoms with Crippen LogP contribution in [0.3, 0.4) is 0 Å².